The molecule has 0 saturated heterocycles. The highest BCUT2D eigenvalue weighted by atomic mass is 32.2. The molecule has 236 valence electrons. The average molecular weight is 663 g/mol. The zero-order valence-electron chi connectivity index (χ0n) is 24.1. The molecule has 14 heteroatoms. The van der Waals surface area contributed by atoms with Crippen LogP contribution in [0.3, 0.4) is 0 Å². The number of nitrogens with zero attached hydrogens (tertiary/aromatic N) is 4. The molecule has 2 atom stereocenters. The molecule has 0 aliphatic heterocycles. The lowest BCUT2D eigenvalue weighted by Gasteiger charge is -2.47. The molecule has 2 aliphatic carbocycles. The van der Waals surface area contributed by atoms with Crippen molar-refractivity contribution >= 4 is 33.2 Å². The van der Waals surface area contributed by atoms with E-state index in [1.807, 2.05) is 0 Å². The number of carbonyl (C=O) groups is 1. The highest BCUT2D eigenvalue weighted by Crippen LogP contribution is 2.52. The first-order valence-electron chi connectivity index (χ1n) is 14.1. The minimum atomic E-state index is -4.69. The van der Waals surface area contributed by atoms with Gasteiger partial charge < -0.3 is 0 Å². The van der Waals surface area contributed by atoms with Crippen molar-refractivity contribution < 1.29 is 35.2 Å². The number of ketones is 1. The molecule has 0 bridgehead atoms. The average Bonchev–Trinajstić information content (AvgIpc) is 3.64. The number of benzene rings is 2. The van der Waals surface area contributed by atoms with Gasteiger partial charge in [0.1, 0.15) is 16.5 Å². The first kappa shape index (κ1) is 31.2. The van der Waals surface area contributed by atoms with Crippen molar-refractivity contribution in [3.63, 3.8) is 0 Å². The molecule has 2 aliphatic rings. The summed E-state index contributed by atoms with van der Waals surface area (Å²) in [4.78, 5) is 17.1. The zero-order valence-corrected chi connectivity index (χ0v) is 25.7. The Labute approximate surface area is 260 Å². The van der Waals surface area contributed by atoms with Crippen LogP contribution in [0.15, 0.2) is 71.4 Å². The summed E-state index contributed by atoms with van der Waals surface area (Å²) < 4.78 is 98.6. The highest BCUT2D eigenvalue weighted by molar-refractivity contribution is 7.89. The van der Waals surface area contributed by atoms with E-state index >= 15 is 0 Å². The molecule has 0 N–H and O–H groups in total. The van der Waals surface area contributed by atoms with Gasteiger partial charge in [-0.15, -0.1) is 11.3 Å². The van der Waals surface area contributed by atoms with Crippen LogP contribution >= 0.6 is 11.3 Å². The molecule has 6 rings (SSSR count). The minimum Gasteiger partial charge on any atom is -0.290 e. The predicted octanol–water partition coefficient (Wildman–Crippen LogP) is 7.09. The van der Waals surface area contributed by atoms with Gasteiger partial charge >= 0.3 is 6.18 Å². The maximum Gasteiger partial charge on any atom is 0.427 e. The minimum absolute atomic E-state index is 0.0155. The molecule has 1 fully saturated rings. The summed E-state index contributed by atoms with van der Waals surface area (Å²) in [5.74, 6) is -1.64. The van der Waals surface area contributed by atoms with E-state index in [0.29, 0.717) is 35.1 Å². The van der Waals surface area contributed by atoms with Gasteiger partial charge in [0.25, 0.3) is 0 Å². The van der Waals surface area contributed by atoms with Crippen LogP contribution in [-0.2, 0) is 22.6 Å². The fourth-order valence-corrected chi connectivity index (χ4v) is 9.10. The number of halogens is 5. The normalized spacial score (nSPS) is 20.2. The number of alkyl halides is 3. The van der Waals surface area contributed by atoms with Crippen LogP contribution in [0.5, 0.6) is 0 Å². The summed E-state index contributed by atoms with van der Waals surface area (Å²) in [5, 5.41) is 4.14. The molecule has 0 amide bonds. The fourth-order valence-electron chi connectivity index (χ4n) is 6.43. The Morgan fingerprint density at radius 3 is 2.29 bits per heavy atom. The third kappa shape index (κ3) is 5.52. The summed E-state index contributed by atoms with van der Waals surface area (Å²) in [7, 11) is -4.16. The smallest absolute Gasteiger partial charge is 0.290 e. The van der Waals surface area contributed by atoms with Gasteiger partial charge in [-0.05, 0) is 99.7 Å². The first-order chi connectivity index (χ1) is 21.2. The first-order valence-corrected chi connectivity index (χ1v) is 16.4. The number of hydrogen-bond donors (Lipinski definition) is 0. The predicted molar refractivity (Wildman–Crippen MR) is 157 cm³/mol. The van der Waals surface area contributed by atoms with Gasteiger partial charge in [-0.2, -0.15) is 22.6 Å². The van der Waals surface area contributed by atoms with Crippen LogP contribution in [0, 0.1) is 17.0 Å². The molecule has 2 heterocycles. The number of aromatic nitrogens is 3. The third-order valence-electron chi connectivity index (χ3n) is 8.38. The monoisotopic (exact) mass is 662 g/mol. The van der Waals surface area contributed by atoms with Crippen molar-refractivity contribution in [1.29, 1.82) is 0 Å². The summed E-state index contributed by atoms with van der Waals surface area (Å²) in [6.45, 7) is 3.39. The van der Waals surface area contributed by atoms with Gasteiger partial charge in [0.2, 0.25) is 15.8 Å². The SMILES string of the molecule is CC(C)N([C@H]1CCC2=Cc3c(cnn3-c3ccc(F)cc3)C[C@]2(C(=O)c2ncc(C(F)(F)F)s2)C1)S(=O)(=O)c1ccc(F)cc1. The number of hydrogen-bond acceptors (Lipinski definition) is 6. The zero-order chi connectivity index (χ0) is 32.3. The van der Waals surface area contributed by atoms with Gasteiger partial charge in [0, 0.05) is 12.1 Å². The molecule has 0 unspecified atom stereocenters. The van der Waals surface area contributed by atoms with E-state index in [1.165, 1.54) is 28.6 Å². The van der Waals surface area contributed by atoms with Crippen molar-refractivity contribution in [1.82, 2.24) is 19.1 Å². The lowest BCUT2D eigenvalue weighted by atomic mass is 9.61. The number of rotatable bonds is 7. The largest absolute Gasteiger partial charge is 0.427 e. The van der Waals surface area contributed by atoms with Gasteiger partial charge in [-0.1, -0.05) is 5.57 Å². The molecule has 0 radical (unpaired) electrons. The molecular formula is C31H27F5N4O3S2. The number of fused-ring (bicyclic) bond motifs is 2. The summed E-state index contributed by atoms with van der Waals surface area (Å²) in [5.41, 5.74) is 1.08. The highest BCUT2D eigenvalue weighted by Gasteiger charge is 2.53. The molecule has 45 heavy (non-hydrogen) atoms. The van der Waals surface area contributed by atoms with Crippen LogP contribution in [0.25, 0.3) is 11.8 Å². The second kappa shape index (κ2) is 11.2. The van der Waals surface area contributed by atoms with E-state index < -0.39 is 56.0 Å². The Morgan fingerprint density at radius 1 is 1.04 bits per heavy atom. The van der Waals surface area contributed by atoms with Crippen LogP contribution in [-0.4, -0.2) is 45.4 Å². The second-order valence-corrected chi connectivity index (χ2v) is 14.4. The Balaban J connectivity index is 1.45. The van der Waals surface area contributed by atoms with Gasteiger partial charge in [-0.3, -0.25) is 4.79 Å². The maximum absolute atomic E-state index is 14.4. The third-order valence-corrected chi connectivity index (χ3v) is 11.6. The van der Waals surface area contributed by atoms with E-state index in [-0.39, 0.29) is 40.5 Å². The Morgan fingerprint density at radius 2 is 1.69 bits per heavy atom. The Kier molecular flexibility index (Phi) is 7.81. The summed E-state index contributed by atoms with van der Waals surface area (Å²) >= 11 is 0.260. The number of Topliss-reactive ketones (excluding diaryl/α,β-unsaturated/α-hetero) is 1. The van der Waals surface area contributed by atoms with Crippen molar-refractivity contribution in [3.8, 4) is 5.69 Å². The van der Waals surface area contributed by atoms with Crippen molar-refractivity contribution in [2.75, 3.05) is 0 Å². The van der Waals surface area contributed by atoms with E-state index in [2.05, 4.69) is 10.1 Å². The topological polar surface area (TPSA) is 85.2 Å². The van der Waals surface area contributed by atoms with E-state index in [0.717, 1.165) is 12.1 Å². The Hall–Kier alpha value is -3.75. The van der Waals surface area contributed by atoms with Crippen LogP contribution in [0.1, 0.15) is 59.0 Å². The number of carbonyl (C=O) groups excluding carboxylic acids is 1. The molecule has 1 saturated carbocycles. The molecule has 2 aromatic heterocycles. The molecular weight excluding hydrogens is 635 g/mol. The Bertz CT molecular complexity index is 1900. The summed E-state index contributed by atoms with van der Waals surface area (Å²) in [6, 6.07) is 8.90. The standard InChI is InChI=1S/C31H27F5N4O3S2/c1-18(2)40(45(42,43)25-11-6-22(33)7-12-25)24-8-3-20-13-26-19(16-38-39(26)23-9-4-21(32)5-10-23)14-30(20,15-24)28(41)29-37-17-27(44-29)31(34,35)36/h4-7,9-13,16-18,24H,3,8,14-15H2,1-2H3/t24-,30-/m0/s1. The van der Waals surface area contributed by atoms with Crippen LogP contribution in [0.2, 0.25) is 0 Å². The molecule has 2 aromatic carbocycles. The quantitative estimate of drug-likeness (QED) is 0.156. The van der Waals surface area contributed by atoms with Crippen LogP contribution in [0.4, 0.5) is 22.0 Å². The van der Waals surface area contributed by atoms with Gasteiger partial charge in [0.15, 0.2) is 5.01 Å². The lowest BCUT2D eigenvalue weighted by Crippen LogP contribution is -2.52. The van der Waals surface area contributed by atoms with E-state index in [4.69, 9.17) is 0 Å². The molecule has 0 spiro atoms. The van der Waals surface area contributed by atoms with Crippen molar-refractivity contribution in [3.05, 3.63) is 99.3 Å². The number of thiazole rings is 1. The summed E-state index contributed by atoms with van der Waals surface area (Å²) in [6.07, 6.45) is -0.0749. The second-order valence-electron chi connectivity index (χ2n) is 11.5. The van der Waals surface area contributed by atoms with Gasteiger partial charge in [-0.25, -0.2) is 26.9 Å². The fraction of sp³-hybridized carbons (Fsp3) is 0.323. The molecule has 4 aromatic rings. The van der Waals surface area contributed by atoms with E-state index in [9.17, 15) is 35.2 Å². The molecule has 7 nitrogen and oxygen atoms in total. The van der Waals surface area contributed by atoms with Crippen molar-refractivity contribution in [2.24, 2.45) is 5.41 Å². The number of sulfonamides is 1. The lowest BCUT2D eigenvalue weighted by molar-refractivity contribution is -0.134. The maximum atomic E-state index is 14.4. The van der Waals surface area contributed by atoms with Crippen LogP contribution < -0.4 is 0 Å². The van der Waals surface area contributed by atoms with E-state index in [1.54, 1.807) is 42.9 Å². The van der Waals surface area contributed by atoms with Gasteiger partial charge in [0.05, 0.1) is 34.1 Å². The number of allylic oxidation sites excluding steroid dienone is 1. The van der Waals surface area contributed by atoms with Crippen molar-refractivity contribution in [2.45, 2.75) is 62.7 Å².